The van der Waals surface area contributed by atoms with Crippen LogP contribution >= 0.6 is 0 Å². The molecule has 0 spiro atoms. The molecule has 0 radical (unpaired) electrons. The van der Waals surface area contributed by atoms with E-state index in [4.69, 9.17) is 9.47 Å². The Hall–Kier alpha value is -3.47. The lowest BCUT2D eigenvalue weighted by molar-refractivity contribution is 0.171. The van der Waals surface area contributed by atoms with Crippen LogP contribution in [0.2, 0.25) is 0 Å². The Morgan fingerprint density at radius 1 is 0.929 bits per heavy atom. The van der Waals surface area contributed by atoms with E-state index >= 15 is 0 Å². The summed E-state index contributed by atoms with van der Waals surface area (Å²) < 4.78 is 13.3. The van der Waals surface area contributed by atoms with Crippen molar-refractivity contribution in [2.24, 2.45) is 7.05 Å². The lowest BCUT2D eigenvalue weighted by atomic mass is 9.98. The molecular formula is C23H21N3O2. The average molecular weight is 371 g/mol. The number of anilines is 2. The topological polar surface area (TPSA) is 48.3 Å². The molecule has 0 aliphatic carbocycles. The van der Waals surface area contributed by atoms with Crippen LogP contribution in [0.5, 0.6) is 11.5 Å². The van der Waals surface area contributed by atoms with Crippen LogP contribution in [-0.4, -0.2) is 23.0 Å². The Labute approximate surface area is 163 Å². The van der Waals surface area contributed by atoms with E-state index in [1.165, 1.54) is 0 Å². The smallest absolute Gasteiger partial charge is 0.161 e. The molecule has 0 saturated carbocycles. The number of ether oxygens (including phenoxy) is 2. The van der Waals surface area contributed by atoms with Gasteiger partial charge < -0.3 is 14.8 Å². The Balaban J connectivity index is 1.54. The first-order valence-corrected chi connectivity index (χ1v) is 9.39. The fourth-order valence-corrected chi connectivity index (χ4v) is 3.73. The zero-order valence-electron chi connectivity index (χ0n) is 15.9. The number of aromatic nitrogens is 2. The molecule has 5 rings (SSSR count). The van der Waals surface area contributed by atoms with Crippen molar-refractivity contribution < 1.29 is 9.47 Å². The van der Waals surface area contributed by atoms with Crippen LogP contribution in [0, 0.1) is 6.92 Å². The molecule has 28 heavy (non-hydrogen) atoms. The summed E-state index contributed by atoms with van der Waals surface area (Å²) in [6.07, 6.45) is 0. The summed E-state index contributed by atoms with van der Waals surface area (Å²) in [7, 11) is 1.96. The second kappa shape index (κ2) is 6.60. The lowest BCUT2D eigenvalue weighted by Gasteiger charge is -2.19. The Kier molecular flexibility index (Phi) is 3.93. The zero-order valence-corrected chi connectivity index (χ0v) is 15.9. The van der Waals surface area contributed by atoms with Crippen molar-refractivity contribution in [3.05, 3.63) is 66.2 Å². The van der Waals surface area contributed by atoms with Gasteiger partial charge in [-0.2, -0.15) is 5.10 Å². The van der Waals surface area contributed by atoms with Gasteiger partial charge in [0.2, 0.25) is 0 Å². The van der Waals surface area contributed by atoms with Gasteiger partial charge in [-0.25, -0.2) is 0 Å². The van der Waals surface area contributed by atoms with Gasteiger partial charge in [-0.3, -0.25) is 4.68 Å². The van der Waals surface area contributed by atoms with Crippen molar-refractivity contribution >= 4 is 22.4 Å². The van der Waals surface area contributed by atoms with Crippen molar-refractivity contribution in [1.29, 1.82) is 0 Å². The third-order valence-corrected chi connectivity index (χ3v) is 5.20. The molecule has 0 unspecified atom stereocenters. The van der Waals surface area contributed by atoms with Crippen molar-refractivity contribution in [1.82, 2.24) is 9.78 Å². The van der Waals surface area contributed by atoms with Crippen LogP contribution in [-0.2, 0) is 7.05 Å². The van der Waals surface area contributed by atoms with Gasteiger partial charge in [0.1, 0.15) is 13.2 Å². The first kappa shape index (κ1) is 16.7. The highest BCUT2D eigenvalue weighted by Gasteiger charge is 2.15. The van der Waals surface area contributed by atoms with Gasteiger partial charge >= 0.3 is 0 Å². The maximum Gasteiger partial charge on any atom is 0.161 e. The summed E-state index contributed by atoms with van der Waals surface area (Å²) in [6, 6.07) is 20.6. The normalized spacial score (nSPS) is 12.9. The van der Waals surface area contributed by atoms with E-state index in [1.54, 1.807) is 0 Å². The molecular weight excluding hydrogens is 350 g/mol. The third kappa shape index (κ3) is 2.76. The van der Waals surface area contributed by atoms with Gasteiger partial charge in [0, 0.05) is 18.1 Å². The largest absolute Gasteiger partial charge is 0.486 e. The predicted octanol–water partition coefficient (Wildman–Crippen LogP) is 5.06. The number of hydrogen-bond acceptors (Lipinski definition) is 4. The zero-order chi connectivity index (χ0) is 19.1. The molecule has 0 amide bonds. The number of fused-ring (bicyclic) bond motifs is 2. The van der Waals surface area contributed by atoms with Gasteiger partial charge in [-0.05, 0) is 53.9 Å². The molecule has 1 aliphatic heterocycles. The molecule has 1 N–H and O–H groups in total. The first-order valence-electron chi connectivity index (χ1n) is 9.39. The molecule has 5 nitrogen and oxygen atoms in total. The minimum atomic E-state index is 0.587. The summed E-state index contributed by atoms with van der Waals surface area (Å²) in [5, 5.41) is 9.28. The highest BCUT2D eigenvalue weighted by atomic mass is 16.6. The third-order valence-electron chi connectivity index (χ3n) is 5.20. The number of para-hydroxylation sites is 1. The minimum Gasteiger partial charge on any atom is -0.486 e. The van der Waals surface area contributed by atoms with Gasteiger partial charge in [-0.15, -0.1) is 0 Å². The minimum absolute atomic E-state index is 0.587. The molecule has 0 fully saturated rings. The van der Waals surface area contributed by atoms with Crippen LogP contribution in [0.4, 0.5) is 11.5 Å². The SMILES string of the molecule is Cc1c(Nc2nn(C)c3ccccc23)cccc1-c1ccc2c(c1)OCCO2. The standard InChI is InChI=1S/C23H21N3O2/c1-15-17(16-10-11-21-22(14-16)28-13-12-27-21)7-5-8-19(15)24-23-18-6-3-4-9-20(18)26(2)25-23/h3-11,14H,12-13H2,1-2H3,(H,24,25). The van der Waals surface area contributed by atoms with E-state index in [-0.39, 0.29) is 0 Å². The number of nitrogens with one attached hydrogen (secondary N) is 1. The maximum absolute atomic E-state index is 5.75. The summed E-state index contributed by atoms with van der Waals surface area (Å²) in [5.74, 6) is 2.47. The van der Waals surface area contributed by atoms with E-state index in [9.17, 15) is 0 Å². The van der Waals surface area contributed by atoms with Crippen LogP contribution in [0.1, 0.15) is 5.56 Å². The van der Waals surface area contributed by atoms with Crippen molar-refractivity contribution in [3.8, 4) is 22.6 Å². The molecule has 1 aromatic heterocycles. The molecule has 0 saturated heterocycles. The van der Waals surface area contributed by atoms with E-state index in [1.807, 2.05) is 29.9 Å². The maximum atomic E-state index is 5.75. The lowest BCUT2D eigenvalue weighted by Crippen LogP contribution is -2.15. The predicted molar refractivity (Wildman–Crippen MR) is 112 cm³/mol. The molecule has 5 heteroatoms. The van der Waals surface area contributed by atoms with E-state index in [0.717, 1.165) is 50.6 Å². The van der Waals surface area contributed by atoms with Gasteiger partial charge in [0.05, 0.1) is 5.52 Å². The number of rotatable bonds is 3. The highest BCUT2D eigenvalue weighted by molar-refractivity contribution is 5.92. The van der Waals surface area contributed by atoms with E-state index in [2.05, 4.69) is 59.8 Å². The fourth-order valence-electron chi connectivity index (χ4n) is 3.73. The average Bonchev–Trinajstić information content (AvgIpc) is 3.05. The highest BCUT2D eigenvalue weighted by Crippen LogP contribution is 2.37. The Morgan fingerprint density at radius 2 is 1.75 bits per heavy atom. The van der Waals surface area contributed by atoms with Crippen molar-refractivity contribution in [2.75, 3.05) is 18.5 Å². The van der Waals surface area contributed by atoms with Crippen LogP contribution < -0.4 is 14.8 Å². The van der Waals surface area contributed by atoms with E-state index in [0.29, 0.717) is 13.2 Å². The first-order chi connectivity index (χ1) is 13.7. The fraction of sp³-hybridized carbons (Fsp3) is 0.174. The number of aryl methyl sites for hydroxylation is 1. The summed E-state index contributed by atoms with van der Waals surface area (Å²) >= 11 is 0. The molecule has 1 aliphatic rings. The molecule has 0 atom stereocenters. The van der Waals surface area contributed by atoms with Crippen LogP contribution in [0.25, 0.3) is 22.0 Å². The Morgan fingerprint density at radius 3 is 2.64 bits per heavy atom. The van der Waals surface area contributed by atoms with Crippen LogP contribution in [0.3, 0.4) is 0 Å². The molecule has 140 valence electrons. The summed E-state index contributed by atoms with van der Waals surface area (Å²) in [4.78, 5) is 0. The van der Waals surface area contributed by atoms with Gasteiger partial charge in [0.15, 0.2) is 17.3 Å². The Bertz CT molecular complexity index is 1180. The van der Waals surface area contributed by atoms with E-state index < -0.39 is 0 Å². The summed E-state index contributed by atoms with van der Waals surface area (Å²) in [5.41, 5.74) is 5.56. The number of benzene rings is 3. The quantitative estimate of drug-likeness (QED) is 0.547. The molecule has 3 aromatic carbocycles. The van der Waals surface area contributed by atoms with Crippen molar-refractivity contribution in [2.45, 2.75) is 6.92 Å². The van der Waals surface area contributed by atoms with Crippen molar-refractivity contribution in [3.63, 3.8) is 0 Å². The second-order valence-corrected chi connectivity index (χ2v) is 6.95. The second-order valence-electron chi connectivity index (χ2n) is 6.95. The molecule has 0 bridgehead atoms. The molecule has 4 aromatic rings. The number of hydrogen-bond donors (Lipinski definition) is 1. The number of nitrogens with zero attached hydrogens (tertiary/aromatic N) is 2. The van der Waals surface area contributed by atoms with Gasteiger partial charge in [-0.1, -0.05) is 30.3 Å². The summed E-state index contributed by atoms with van der Waals surface area (Å²) in [6.45, 7) is 3.31. The molecule has 2 heterocycles. The monoisotopic (exact) mass is 371 g/mol. The van der Waals surface area contributed by atoms with Gasteiger partial charge in [0.25, 0.3) is 0 Å². The van der Waals surface area contributed by atoms with Crippen LogP contribution in [0.15, 0.2) is 60.7 Å².